The van der Waals surface area contributed by atoms with E-state index >= 15 is 0 Å². The number of hydrogen-bond acceptors (Lipinski definition) is 8. The fourth-order valence-corrected chi connectivity index (χ4v) is 2.43. The summed E-state index contributed by atoms with van der Waals surface area (Å²) in [5.74, 6) is -1.73. The third-order valence-corrected chi connectivity index (χ3v) is 4.14. The highest BCUT2D eigenvalue weighted by molar-refractivity contribution is 5.68. The average Bonchev–Trinajstić information content (AvgIpc) is 2.51. The van der Waals surface area contributed by atoms with Crippen molar-refractivity contribution >= 4 is 17.9 Å². The van der Waals surface area contributed by atoms with Gasteiger partial charge in [-0.2, -0.15) is 0 Å². The zero-order valence-electron chi connectivity index (χ0n) is 16.4. The van der Waals surface area contributed by atoms with Crippen LogP contribution in [0.15, 0.2) is 0 Å². The van der Waals surface area contributed by atoms with Crippen molar-refractivity contribution in [2.45, 2.75) is 52.3 Å². The van der Waals surface area contributed by atoms with Gasteiger partial charge in [-0.25, -0.2) is 0 Å². The molecule has 1 heterocycles. The lowest BCUT2D eigenvalue weighted by molar-refractivity contribution is -0.889. The van der Waals surface area contributed by atoms with E-state index in [0.29, 0.717) is 6.61 Å². The quantitative estimate of drug-likeness (QED) is 0.338. The van der Waals surface area contributed by atoms with Gasteiger partial charge in [-0.1, -0.05) is 0 Å². The summed E-state index contributed by atoms with van der Waals surface area (Å²) in [7, 11) is 4.13. The number of nitrogens with zero attached hydrogens (tertiary/aromatic N) is 1. The largest absolute Gasteiger partial charge is 0.456 e. The minimum Gasteiger partial charge on any atom is -0.456 e. The molecule has 1 fully saturated rings. The zero-order valence-corrected chi connectivity index (χ0v) is 16.4. The van der Waals surface area contributed by atoms with Crippen LogP contribution in [0.2, 0.25) is 0 Å². The van der Waals surface area contributed by atoms with Crippen molar-refractivity contribution in [1.29, 1.82) is 0 Å². The van der Waals surface area contributed by atoms with Crippen LogP contribution in [-0.4, -0.2) is 87.4 Å². The van der Waals surface area contributed by atoms with Gasteiger partial charge >= 0.3 is 17.9 Å². The molecule has 0 aromatic heterocycles. The van der Waals surface area contributed by atoms with E-state index in [-0.39, 0.29) is 6.61 Å². The lowest BCUT2D eigenvalue weighted by Crippen LogP contribution is -2.58. The second kappa shape index (κ2) is 9.84. The van der Waals surface area contributed by atoms with Gasteiger partial charge in [0.25, 0.3) is 0 Å². The third kappa shape index (κ3) is 7.27. The normalized spacial score (nSPS) is 26.1. The molecule has 26 heavy (non-hydrogen) atoms. The molecule has 0 bridgehead atoms. The Balaban J connectivity index is 2.90. The number of ether oxygens (including phenoxy) is 5. The molecule has 1 aliphatic rings. The molecule has 4 atom stereocenters. The molecule has 0 spiro atoms. The minimum atomic E-state index is -1.04. The number of quaternary nitrogens is 1. The number of likely N-dealkylation sites (N-methyl/N-ethyl adjacent to an activating group) is 1. The maximum atomic E-state index is 11.5. The van der Waals surface area contributed by atoms with Crippen LogP contribution in [0.3, 0.4) is 0 Å². The standard InChI is InChI=1S/C17H30NO8/c1-7-18(5,6)8-9-22-17-16(26-13(4)21)15(25-12(3)20)14(10-23-17)24-11(2)19/h14-17H,7-10H2,1-6H3/q+1/t14-,15+,16-,17?/m1/s1. The van der Waals surface area contributed by atoms with Crippen LogP contribution in [-0.2, 0) is 38.1 Å². The van der Waals surface area contributed by atoms with Gasteiger partial charge in [0.05, 0.1) is 33.9 Å². The smallest absolute Gasteiger partial charge is 0.303 e. The van der Waals surface area contributed by atoms with Crippen LogP contribution >= 0.6 is 0 Å². The Morgan fingerprint density at radius 1 is 0.962 bits per heavy atom. The number of carbonyl (C=O) groups is 3. The molecule has 0 aromatic carbocycles. The summed E-state index contributed by atoms with van der Waals surface area (Å²) in [6, 6.07) is 0. The first-order valence-electron chi connectivity index (χ1n) is 8.62. The van der Waals surface area contributed by atoms with Gasteiger partial charge in [-0.05, 0) is 6.92 Å². The molecule has 0 aliphatic carbocycles. The van der Waals surface area contributed by atoms with Crippen molar-refractivity contribution < 1.29 is 42.6 Å². The molecule has 0 radical (unpaired) electrons. The van der Waals surface area contributed by atoms with Crippen molar-refractivity contribution in [3.63, 3.8) is 0 Å². The van der Waals surface area contributed by atoms with Crippen molar-refractivity contribution in [3.8, 4) is 0 Å². The van der Waals surface area contributed by atoms with Gasteiger partial charge in [-0.3, -0.25) is 14.4 Å². The summed E-state index contributed by atoms with van der Waals surface area (Å²) in [5, 5.41) is 0. The Morgan fingerprint density at radius 3 is 2.00 bits per heavy atom. The Bertz CT molecular complexity index is 507. The fourth-order valence-electron chi connectivity index (χ4n) is 2.43. The molecule has 1 saturated heterocycles. The summed E-state index contributed by atoms with van der Waals surface area (Å²) in [6.07, 6.45) is -3.85. The molecule has 0 saturated carbocycles. The highest BCUT2D eigenvalue weighted by atomic mass is 16.7. The van der Waals surface area contributed by atoms with Crippen molar-refractivity contribution in [3.05, 3.63) is 0 Å². The maximum absolute atomic E-state index is 11.5. The van der Waals surface area contributed by atoms with E-state index < -0.39 is 42.5 Å². The van der Waals surface area contributed by atoms with Crippen molar-refractivity contribution in [1.82, 2.24) is 0 Å². The number of rotatable bonds is 8. The van der Waals surface area contributed by atoms with Gasteiger partial charge < -0.3 is 28.2 Å². The van der Waals surface area contributed by atoms with Gasteiger partial charge in [-0.15, -0.1) is 0 Å². The van der Waals surface area contributed by atoms with E-state index in [1.54, 1.807) is 0 Å². The van der Waals surface area contributed by atoms with Gasteiger partial charge in [0.1, 0.15) is 6.54 Å². The van der Waals surface area contributed by atoms with Crippen LogP contribution in [0, 0.1) is 0 Å². The SMILES string of the molecule is CC[N+](C)(C)CCOC1OC[C@@H](OC(C)=O)[C@H](OC(C)=O)[C@H]1OC(C)=O. The average molecular weight is 376 g/mol. The first kappa shape index (κ1) is 22.3. The topological polar surface area (TPSA) is 97.4 Å². The maximum Gasteiger partial charge on any atom is 0.303 e. The van der Waals surface area contributed by atoms with Crippen molar-refractivity contribution in [2.24, 2.45) is 0 Å². The van der Waals surface area contributed by atoms with Crippen LogP contribution in [0.25, 0.3) is 0 Å². The predicted molar refractivity (Wildman–Crippen MR) is 89.9 cm³/mol. The highest BCUT2D eigenvalue weighted by Gasteiger charge is 2.47. The highest BCUT2D eigenvalue weighted by Crippen LogP contribution is 2.25. The lowest BCUT2D eigenvalue weighted by Gasteiger charge is -2.40. The first-order chi connectivity index (χ1) is 12.1. The van der Waals surface area contributed by atoms with E-state index in [1.807, 2.05) is 0 Å². The molecule has 9 heteroatoms. The molecular weight excluding hydrogens is 346 g/mol. The van der Waals surface area contributed by atoms with Crippen LogP contribution in [0.5, 0.6) is 0 Å². The van der Waals surface area contributed by atoms with E-state index in [4.69, 9.17) is 23.7 Å². The van der Waals surface area contributed by atoms with E-state index in [2.05, 4.69) is 21.0 Å². The molecule has 1 aliphatic heterocycles. The van der Waals surface area contributed by atoms with Crippen molar-refractivity contribution in [2.75, 3.05) is 40.4 Å². The lowest BCUT2D eigenvalue weighted by atomic mass is 10.0. The Hall–Kier alpha value is -1.71. The van der Waals surface area contributed by atoms with Gasteiger partial charge in [0.15, 0.2) is 24.6 Å². The zero-order chi connectivity index (χ0) is 19.9. The van der Waals surface area contributed by atoms with Crippen LogP contribution in [0.1, 0.15) is 27.7 Å². The van der Waals surface area contributed by atoms with Crippen LogP contribution < -0.4 is 0 Å². The molecule has 150 valence electrons. The third-order valence-electron chi connectivity index (χ3n) is 4.14. The summed E-state index contributed by atoms with van der Waals surface area (Å²) >= 11 is 0. The Kier molecular flexibility index (Phi) is 8.45. The number of hydrogen-bond donors (Lipinski definition) is 0. The summed E-state index contributed by atoms with van der Waals surface area (Å²) in [6.45, 7) is 7.72. The second-order valence-electron chi connectivity index (χ2n) is 6.84. The molecule has 9 nitrogen and oxygen atoms in total. The Morgan fingerprint density at radius 2 is 1.50 bits per heavy atom. The summed E-state index contributed by atoms with van der Waals surface area (Å²) < 4.78 is 27.8. The molecule has 0 aromatic rings. The minimum absolute atomic E-state index is 0.0357. The molecule has 0 N–H and O–H groups in total. The van der Waals surface area contributed by atoms with Gasteiger partial charge in [0, 0.05) is 20.8 Å². The predicted octanol–water partition coefficient (Wildman–Crippen LogP) is 0.251. The van der Waals surface area contributed by atoms with E-state index in [1.165, 1.54) is 20.8 Å². The molecule has 0 amide bonds. The second-order valence-corrected chi connectivity index (χ2v) is 6.84. The molecule has 1 unspecified atom stereocenters. The summed E-state index contributed by atoms with van der Waals surface area (Å²) in [5.41, 5.74) is 0. The van der Waals surface area contributed by atoms with E-state index in [0.717, 1.165) is 17.6 Å². The van der Waals surface area contributed by atoms with Crippen LogP contribution in [0.4, 0.5) is 0 Å². The Labute approximate surface area is 154 Å². The number of carbonyl (C=O) groups excluding carboxylic acids is 3. The van der Waals surface area contributed by atoms with E-state index in [9.17, 15) is 14.4 Å². The molecular formula is C17H30NO8+. The monoisotopic (exact) mass is 376 g/mol. The van der Waals surface area contributed by atoms with Gasteiger partial charge in [0.2, 0.25) is 0 Å². The number of esters is 3. The fraction of sp³-hybridized carbons (Fsp3) is 0.824. The summed E-state index contributed by atoms with van der Waals surface area (Å²) in [4.78, 5) is 34.3. The first-order valence-corrected chi connectivity index (χ1v) is 8.62. The molecule has 1 rings (SSSR count).